The molecule has 1 saturated carbocycles. The van der Waals surface area contributed by atoms with Crippen LogP contribution >= 0.6 is 0 Å². The van der Waals surface area contributed by atoms with Crippen molar-refractivity contribution in [2.75, 3.05) is 25.4 Å². The van der Waals surface area contributed by atoms with E-state index >= 15 is 0 Å². The van der Waals surface area contributed by atoms with E-state index in [1.165, 1.54) is 6.07 Å². The third kappa shape index (κ3) is 6.76. The highest BCUT2D eigenvalue weighted by atomic mass is 32.2. The van der Waals surface area contributed by atoms with Gasteiger partial charge in [0.25, 0.3) is 0 Å². The lowest BCUT2D eigenvalue weighted by Gasteiger charge is -2.25. The third-order valence-electron chi connectivity index (χ3n) is 6.82. The number of nitrogens with zero attached hydrogens (tertiary/aromatic N) is 1. The standard InChI is InChI=1S/C24H34FN3O5S/c25-20-9-7-17(15-22(20)33-16-18-4-5-18)6-8-19-3-1-13-28(19)34(31,32)14-2-12-26-21-10-11-23(29)27-24(21)30/h7,9,15,18-19,21,26H,1-6,8,10-14,16H2,(H,27,29,30)/t19-,21?/m1/s1. The van der Waals surface area contributed by atoms with Crippen LogP contribution in [0.25, 0.3) is 0 Å². The van der Waals surface area contributed by atoms with E-state index in [4.69, 9.17) is 4.74 Å². The van der Waals surface area contributed by atoms with Gasteiger partial charge in [0.15, 0.2) is 11.6 Å². The van der Waals surface area contributed by atoms with Crippen molar-refractivity contribution in [2.24, 2.45) is 5.92 Å². The second kappa shape index (κ2) is 11.1. The summed E-state index contributed by atoms with van der Waals surface area (Å²) in [5.74, 6) is -0.142. The quantitative estimate of drug-likeness (QED) is 0.340. The predicted molar refractivity (Wildman–Crippen MR) is 125 cm³/mol. The second-order valence-corrected chi connectivity index (χ2v) is 11.6. The van der Waals surface area contributed by atoms with Crippen LogP contribution in [0.5, 0.6) is 5.75 Å². The number of imide groups is 1. The van der Waals surface area contributed by atoms with Gasteiger partial charge in [0.2, 0.25) is 21.8 Å². The summed E-state index contributed by atoms with van der Waals surface area (Å²) in [6, 6.07) is 4.40. The van der Waals surface area contributed by atoms with E-state index in [1.807, 2.05) is 0 Å². The van der Waals surface area contributed by atoms with Gasteiger partial charge in [-0.15, -0.1) is 0 Å². The summed E-state index contributed by atoms with van der Waals surface area (Å²) in [4.78, 5) is 23.0. The minimum Gasteiger partial charge on any atom is -0.490 e. The maximum atomic E-state index is 14.1. The number of ether oxygens (including phenoxy) is 1. The molecule has 4 rings (SSSR count). The molecule has 2 aliphatic heterocycles. The molecular weight excluding hydrogens is 461 g/mol. The Labute approximate surface area is 200 Å². The Morgan fingerprint density at radius 3 is 2.76 bits per heavy atom. The summed E-state index contributed by atoms with van der Waals surface area (Å²) in [5, 5.41) is 5.34. The fourth-order valence-corrected chi connectivity index (χ4v) is 6.46. The molecule has 2 amide bonds. The van der Waals surface area contributed by atoms with E-state index in [0.29, 0.717) is 57.7 Å². The molecule has 188 valence electrons. The Balaban J connectivity index is 1.24. The zero-order chi connectivity index (χ0) is 24.1. The topological polar surface area (TPSA) is 105 Å². The van der Waals surface area contributed by atoms with Crippen molar-refractivity contribution in [3.05, 3.63) is 29.6 Å². The van der Waals surface area contributed by atoms with E-state index in [-0.39, 0.29) is 35.2 Å². The molecule has 0 radical (unpaired) electrons. The van der Waals surface area contributed by atoms with Crippen molar-refractivity contribution in [3.63, 3.8) is 0 Å². The van der Waals surface area contributed by atoms with E-state index < -0.39 is 16.1 Å². The maximum Gasteiger partial charge on any atom is 0.243 e. The van der Waals surface area contributed by atoms with Crippen molar-refractivity contribution in [3.8, 4) is 5.75 Å². The summed E-state index contributed by atoms with van der Waals surface area (Å²) in [6.07, 6.45) is 6.39. The number of carbonyl (C=O) groups excluding carboxylic acids is 2. The Kier molecular flexibility index (Phi) is 8.21. The number of hydrogen-bond acceptors (Lipinski definition) is 6. The van der Waals surface area contributed by atoms with E-state index in [9.17, 15) is 22.4 Å². The van der Waals surface area contributed by atoms with Crippen molar-refractivity contribution in [1.29, 1.82) is 0 Å². The van der Waals surface area contributed by atoms with Crippen molar-refractivity contribution < 1.29 is 27.1 Å². The largest absolute Gasteiger partial charge is 0.490 e. The predicted octanol–water partition coefficient (Wildman–Crippen LogP) is 2.13. The summed E-state index contributed by atoms with van der Waals surface area (Å²) >= 11 is 0. The van der Waals surface area contributed by atoms with E-state index in [1.54, 1.807) is 16.4 Å². The highest BCUT2D eigenvalue weighted by molar-refractivity contribution is 7.89. The van der Waals surface area contributed by atoms with Crippen molar-refractivity contribution in [2.45, 2.75) is 69.9 Å². The molecular formula is C24H34FN3O5S. The average molecular weight is 496 g/mol. The number of sulfonamides is 1. The molecule has 0 bridgehead atoms. The molecule has 34 heavy (non-hydrogen) atoms. The molecule has 1 aliphatic carbocycles. The first-order chi connectivity index (χ1) is 16.3. The van der Waals surface area contributed by atoms with Gasteiger partial charge in [-0.1, -0.05) is 6.07 Å². The lowest BCUT2D eigenvalue weighted by molar-refractivity contribution is -0.134. The molecule has 2 heterocycles. The Morgan fingerprint density at radius 2 is 2.00 bits per heavy atom. The van der Waals surface area contributed by atoms with Gasteiger partial charge in [0, 0.05) is 19.0 Å². The van der Waals surface area contributed by atoms with Crippen LogP contribution in [0.4, 0.5) is 4.39 Å². The molecule has 8 nitrogen and oxygen atoms in total. The van der Waals surface area contributed by atoms with Gasteiger partial charge in [-0.2, -0.15) is 4.31 Å². The Hall–Kier alpha value is -2.04. The van der Waals surface area contributed by atoms with Crippen LogP contribution in [0.15, 0.2) is 18.2 Å². The molecule has 0 spiro atoms. The van der Waals surface area contributed by atoms with Crippen LogP contribution < -0.4 is 15.4 Å². The molecule has 0 aromatic heterocycles. The van der Waals surface area contributed by atoms with Crippen LogP contribution in [0.2, 0.25) is 0 Å². The van der Waals surface area contributed by atoms with E-state index in [2.05, 4.69) is 10.6 Å². The number of rotatable bonds is 12. The van der Waals surface area contributed by atoms with Crippen molar-refractivity contribution >= 4 is 21.8 Å². The van der Waals surface area contributed by atoms with Crippen LogP contribution in [0.1, 0.15) is 56.9 Å². The first-order valence-electron chi connectivity index (χ1n) is 12.3. The normalized spacial score (nSPS) is 23.8. The molecule has 2 atom stereocenters. The summed E-state index contributed by atoms with van der Waals surface area (Å²) in [6.45, 7) is 1.46. The number of halogens is 1. The van der Waals surface area contributed by atoms with Gasteiger partial charge in [0.1, 0.15) is 0 Å². The van der Waals surface area contributed by atoms with Gasteiger partial charge in [-0.25, -0.2) is 12.8 Å². The second-order valence-electron chi connectivity index (χ2n) is 9.59. The molecule has 2 N–H and O–H groups in total. The number of hydrogen-bond donors (Lipinski definition) is 2. The number of piperidine rings is 1. The highest BCUT2D eigenvalue weighted by Gasteiger charge is 2.33. The highest BCUT2D eigenvalue weighted by Crippen LogP contribution is 2.31. The molecule has 3 aliphatic rings. The first-order valence-corrected chi connectivity index (χ1v) is 13.9. The molecule has 1 aromatic rings. The first kappa shape index (κ1) is 25.1. The van der Waals surface area contributed by atoms with Gasteiger partial charge < -0.3 is 10.1 Å². The van der Waals surface area contributed by atoms with Crippen LogP contribution in [-0.4, -0.2) is 62.1 Å². The zero-order valence-corrected chi connectivity index (χ0v) is 20.2. The van der Waals surface area contributed by atoms with Gasteiger partial charge in [0.05, 0.1) is 18.4 Å². The Bertz CT molecular complexity index is 998. The monoisotopic (exact) mass is 495 g/mol. The Morgan fingerprint density at radius 1 is 1.18 bits per heavy atom. The molecule has 10 heteroatoms. The minimum atomic E-state index is -3.41. The fourth-order valence-electron chi connectivity index (χ4n) is 4.64. The van der Waals surface area contributed by atoms with Gasteiger partial charge in [-0.05, 0) is 81.5 Å². The zero-order valence-electron chi connectivity index (χ0n) is 19.4. The lowest BCUT2D eigenvalue weighted by Crippen LogP contribution is -2.51. The van der Waals surface area contributed by atoms with Crippen LogP contribution in [0.3, 0.4) is 0 Å². The van der Waals surface area contributed by atoms with E-state index in [0.717, 1.165) is 31.2 Å². The number of amides is 2. The van der Waals surface area contributed by atoms with Gasteiger partial charge in [-0.3, -0.25) is 14.9 Å². The number of benzene rings is 1. The number of nitrogens with one attached hydrogen (secondary N) is 2. The smallest absolute Gasteiger partial charge is 0.243 e. The summed E-state index contributed by atoms with van der Waals surface area (Å²) in [5.41, 5.74) is 0.949. The summed E-state index contributed by atoms with van der Waals surface area (Å²) in [7, 11) is -3.41. The molecule has 1 unspecified atom stereocenters. The third-order valence-corrected chi connectivity index (χ3v) is 8.82. The molecule has 2 saturated heterocycles. The van der Waals surface area contributed by atoms with Crippen LogP contribution in [0, 0.1) is 11.7 Å². The maximum absolute atomic E-state index is 14.1. The number of carbonyl (C=O) groups is 2. The fraction of sp³-hybridized carbons (Fsp3) is 0.667. The molecule has 1 aromatic carbocycles. The molecule has 3 fully saturated rings. The van der Waals surface area contributed by atoms with Gasteiger partial charge >= 0.3 is 0 Å². The van der Waals surface area contributed by atoms with Crippen LogP contribution in [-0.2, 0) is 26.0 Å². The average Bonchev–Trinajstić information content (AvgIpc) is 3.50. The summed E-state index contributed by atoms with van der Waals surface area (Å²) < 4.78 is 47.2. The van der Waals surface area contributed by atoms with Crippen molar-refractivity contribution in [1.82, 2.24) is 14.9 Å². The minimum absolute atomic E-state index is 0.0134. The lowest BCUT2D eigenvalue weighted by atomic mass is 10.0. The number of aryl methyl sites for hydroxylation is 1. The SMILES string of the molecule is O=C1CCC(NCCCS(=O)(=O)N2CCC[C@@H]2CCc2ccc(F)c(OCC3CC3)c2)C(=O)N1.